The van der Waals surface area contributed by atoms with Gasteiger partial charge in [0.2, 0.25) is 5.91 Å². The van der Waals surface area contributed by atoms with Gasteiger partial charge in [0.15, 0.2) is 0 Å². The minimum Gasteiger partial charge on any atom is -0.481 e. The number of nitrogens with zero attached hydrogens (tertiary/aromatic N) is 1. The summed E-state index contributed by atoms with van der Waals surface area (Å²) in [5.74, 6) is -2.01. The number of amides is 1. The Kier molecular flexibility index (Phi) is 4.00. The lowest BCUT2D eigenvalue weighted by Crippen LogP contribution is -2.46. The fourth-order valence-corrected chi connectivity index (χ4v) is 3.72. The zero-order valence-corrected chi connectivity index (χ0v) is 13.7. The van der Waals surface area contributed by atoms with E-state index in [9.17, 15) is 14.7 Å². The lowest BCUT2D eigenvalue weighted by atomic mass is 9.76. The molecule has 122 valence electrons. The lowest BCUT2D eigenvalue weighted by molar-refractivity contribution is -0.146. The van der Waals surface area contributed by atoms with Crippen molar-refractivity contribution in [3.63, 3.8) is 0 Å². The van der Waals surface area contributed by atoms with E-state index in [0.29, 0.717) is 19.4 Å². The number of carbonyl (C=O) groups is 2. The summed E-state index contributed by atoms with van der Waals surface area (Å²) in [6.07, 6.45) is 5.64. The van der Waals surface area contributed by atoms with Crippen LogP contribution in [0.1, 0.15) is 38.7 Å². The van der Waals surface area contributed by atoms with Crippen LogP contribution in [-0.4, -0.2) is 23.5 Å². The van der Waals surface area contributed by atoms with Crippen LogP contribution in [0.3, 0.4) is 0 Å². The van der Waals surface area contributed by atoms with Gasteiger partial charge >= 0.3 is 5.97 Å². The van der Waals surface area contributed by atoms with Crippen LogP contribution in [0.4, 0.5) is 5.69 Å². The normalized spacial score (nSPS) is 25.7. The first-order valence-corrected chi connectivity index (χ1v) is 8.20. The zero-order chi connectivity index (χ0) is 16.6. The molecule has 0 aromatic heterocycles. The summed E-state index contributed by atoms with van der Waals surface area (Å²) in [4.78, 5) is 26.4. The Balaban J connectivity index is 1.94. The number of benzene rings is 1. The number of fused-ring (bicyclic) bond motifs is 1. The maximum atomic E-state index is 13.1. The van der Waals surface area contributed by atoms with E-state index in [1.54, 1.807) is 4.90 Å². The standard InChI is InChI=1S/C19H23NO3/c1-19(2)11-12-20(16-10-6-5-9-15(16)19)17(21)13-7-3-4-8-14(13)18(22)23/h3-6,9-10,13-14H,7-8,11-12H2,1-2H3,(H,22,23). The van der Waals surface area contributed by atoms with E-state index in [1.807, 2.05) is 30.4 Å². The molecule has 4 heteroatoms. The van der Waals surface area contributed by atoms with Gasteiger partial charge in [-0.05, 0) is 36.3 Å². The first-order chi connectivity index (χ1) is 10.9. The van der Waals surface area contributed by atoms with Crippen molar-refractivity contribution in [3.8, 4) is 0 Å². The first kappa shape index (κ1) is 15.8. The van der Waals surface area contributed by atoms with Crippen LogP contribution in [0.15, 0.2) is 36.4 Å². The second kappa shape index (κ2) is 5.84. The van der Waals surface area contributed by atoms with Crippen molar-refractivity contribution in [2.75, 3.05) is 11.4 Å². The molecule has 1 aliphatic heterocycles. The molecule has 1 aromatic rings. The molecule has 1 aliphatic carbocycles. The maximum absolute atomic E-state index is 13.1. The van der Waals surface area contributed by atoms with Crippen LogP contribution < -0.4 is 4.90 Å². The molecule has 0 saturated heterocycles. The van der Waals surface area contributed by atoms with Crippen molar-refractivity contribution >= 4 is 17.6 Å². The lowest BCUT2D eigenvalue weighted by Gasteiger charge is -2.41. The summed E-state index contributed by atoms with van der Waals surface area (Å²) < 4.78 is 0. The van der Waals surface area contributed by atoms with E-state index in [0.717, 1.165) is 17.7 Å². The Hall–Kier alpha value is -2.10. The third-order valence-corrected chi connectivity index (χ3v) is 5.22. The van der Waals surface area contributed by atoms with Crippen LogP contribution >= 0.6 is 0 Å². The van der Waals surface area contributed by atoms with Gasteiger partial charge in [-0.1, -0.05) is 44.2 Å². The Labute approximate surface area is 136 Å². The molecule has 1 amide bonds. The predicted octanol–water partition coefficient (Wildman–Crippen LogP) is 3.37. The molecule has 0 fully saturated rings. The van der Waals surface area contributed by atoms with Gasteiger partial charge in [0.05, 0.1) is 11.8 Å². The third-order valence-electron chi connectivity index (χ3n) is 5.22. The van der Waals surface area contributed by atoms with Gasteiger partial charge in [-0.25, -0.2) is 0 Å². The Morgan fingerprint density at radius 3 is 2.48 bits per heavy atom. The smallest absolute Gasteiger partial charge is 0.307 e. The molecule has 4 nitrogen and oxygen atoms in total. The average molecular weight is 313 g/mol. The van der Waals surface area contributed by atoms with Crippen molar-refractivity contribution in [3.05, 3.63) is 42.0 Å². The molecule has 0 spiro atoms. The minimum absolute atomic E-state index is 0.0338. The van der Waals surface area contributed by atoms with Gasteiger partial charge < -0.3 is 10.0 Å². The maximum Gasteiger partial charge on any atom is 0.307 e. The Morgan fingerprint density at radius 1 is 1.13 bits per heavy atom. The highest BCUT2D eigenvalue weighted by Gasteiger charge is 2.40. The molecule has 0 bridgehead atoms. The zero-order valence-electron chi connectivity index (χ0n) is 13.7. The fraction of sp³-hybridized carbons (Fsp3) is 0.474. The number of aliphatic carboxylic acids is 1. The number of carboxylic acid groups (broad SMARTS) is 1. The number of allylic oxidation sites excluding steroid dienone is 2. The second-order valence-electron chi connectivity index (χ2n) is 7.13. The largest absolute Gasteiger partial charge is 0.481 e. The summed E-state index contributed by atoms with van der Waals surface area (Å²) in [5, 5.41) is 9.43. The van der Waals surface area contributed by atoms with E-state index in [-0.39, 0.29) is 11.3 Å². The highest BCUT2D eigenvalue weighted by atomic mass is 16.4. The number of rotatable bonds is 2. The summed E-state index contributed by atoms with van der Waals surface area (Å²) >= 11 is 0. The van der Waals surface area contributed by atoms with E-state index in [2.05, 4.69) is 19.9 Å². The third kappa shape index (κ3) is 2.78. The molecule has 2 unspecified atom stereocenters. The molecule has 1 N–H and O–H groups in total. The first-order valence-electron chi connectivity index (χ1n) is 8.20. The Bertz CT molecular complexity index is 662. The number of hydrogen-bond acceptors (Lipinski definition) is 2. The highest BCUT2D eigenvalue weighted by Crippen LogP contribution is 2.41. The Morgan fingerprint density at radius 2 is 1.78 bits per heavy atom. The number of carbonyl (C=O) groups excluding carboxylic acids is 1. The number of hydrogen-bond donors (Lipinski definition) is 1. The summed E-state index contributed by atoms with van der Waals surface area (Å²) in [5.41, 5.74) is 2.14. The molecule has 3 rings (SSSR count). The number of anilines is 1. The quantitative estimate of drug-likeness (QED) is 0.852. The van der Waals surface area contributed by atoms with Crippen molar-refractivity contribution in [2.45, 2.75) is 38.5 Å². The second-order valence-corrected chi connectivity index (χ2v) is 7.13. The molecule has 1 aromatic carbocycles. The van der Waals surface area contributed by atoms with Crippen LogP contribution in [0.5, 0.6) is 0 Å². The van der Waals surface area contributed by atoms with Crippen LogP contribution in [0, 0.1) is 11.8 Å². The average Bonchev–Trinajstić information content (AvgIpc) is 2.54. The van der Waals surface area contributed by atoms with Gasteiger partial charge in [0.25, 0.3) is 0 Å². The van der Waals surface area contributed by atoms with Crippen molar-refractivity contribution in [2.24, 2.45) is 11.8 Å². The van der Waals surface area contributed by atoms with Gasteiger partial charge in [-0.3, -0.25) is 9.59 Å². The molecule has 0 saturated carbocycles. The van der Waals surface area contributed by atoms with Crippen LogP contribution in [-0.2, 0) is 15.0 Å². The van der Waals surface area contributed by atoms with Crippen molar-refractivity contribution < 1.29 is 14.7 Å². The monoisotopic (exact) mass is 313 g/mol. The van der Waals surface area contributed by atoms with Crippen molar-refractivity contribution in [1.82, 2.24) is 0 Å². The molecule has 23 heavy (non-hydrogen) atoms. The van der Waals surface area contributed by atoms with E-state index in [4.69, 9.17) is 0 Å². The molecule has 2 atom stereocenters. The summed E-state index contributed by atoms with van der Waals surface area (Å²) in [7, 11) is 0. The predicted molar refractivity (Wildman–Crippen MR) is 89.4 cm³/mol. The SMILES string of the molecule is CC1(C)CCN(C(=O)C2CC=CCC2C(=O)O)c2ccccc21. The highest BCUT2D eigenvalue weighted by molar-refractivity contribution is 5.98. The van der Waals surface area contributed by atoms with Crippen molar-refractivity contribution in [1.29, 1.82) is 0 Å². The topological polar surface area (TPSA) is 57.6 Å². The van der Waals surface area contributed by atoms with Gasteiger partial charge in [0, 0.05) is 12.2 Å². The van der Waals surface area contributed by atoms with Crippen LogP contribution in [0.25, 0.3) is 0 Å². The van der Waals surface area contributed by atoms with E-state index >= 15 is 0 Å². The molecular weight excluding hydrogens is 290 g/mol. The van der Waals surface area contributed by atoms with Gasteiger partial charge in [0.1, 0.15) is 0 Å². The summed E-state index contributed by atoms with van der Waals surface area (Å²) in [6, 6.07) is 7.99. The number of carboxylic acids is 1. The molecule has 0 radical (unpaired) electrons. The fourth-order valence-electron chi connectivity index (χ4n) is 3.72. The van der Waals surface area contributed by atoms with Gasteiger partial charge in [-0.2, -0.15) is 0 Å². The molecular formula is C19H23NO3. The van der Waals surface area contributed by atoms with E-state index < -0.39 is 17.8 Å². The summed E-state index contributed by atoms with van der Waals surface area (Å²) in [6.45, 7) is 5.03. The minimum atomic E-state index is -0.877. The van der Waals surface area contributed by atoms with Crippen LogP contribution in [0.2, 0.25) is 0 Å². The van der Waals surface area contributed by atoms with Gasteiger partial charge in [-0.15, -0.1) is 0 Å². The van der Waals surface area contributed by atoms with E-state index in [1.165, 1.54) is 0 Å². The number of para-hydroxylation sites is 1. The molecule has 2 aliphatic rings. The molecule has 1 heterocycles.